The Labute approximate surface area is 335 Å². The van der Waals surface area contributed by atoms with E-state index in [1.54, 1.807) is 0 Å². The van der Waals surface area contributed by atoms with E-state index in [-0.39, 0.29) is 0 Å². The average molecular weight is 742 g/mol. The van der Waals surface area contributed by atoms with Gasteiger partial charge in [-0.25, -0.2) is 0 Å². The molecule has 9 aromatic carbocycles. The Morgan fingerprint density at radius 2 is 0.845 bits per heavy atom. The van der Waals surface area contributed by atoms with Crippen molar-refractivity contribution < 1.29 is 8.83 Å². The van der Waals surface area contributed by atoms with Crippen molar-refractivity contribution in [3.8, 4) is 22.3 Å². The lowest BCUT2D eigenvalue weighted by molar-refractivity contribution is 0.665. The number of fused-ring (bicyclic) bond motifs is 9. The predicted molar refractivity (Wildman–Crippen MR) is 238 cm³/mol. The van der Waals surface area contributed by atoms with Crippen molar-refractivity contribution >= 4 is 60.9 Å². The summed E-state index contributed by atoms with van der Waals surface area (Å²) in [6.45, 7) is 0. The lowest BCUT2D eigenvalue weighted by atomic mass is 9.67. The second-order valence-corrected chi connectivity index (χ2v) is 15.2. The molecular weight excluding hydrogens is 707 g/mol. The number of para-hydroxylation sites is 2. The highest BCUT2D eigenvalue weighted by atomic mass is 16.3. The molecule has 0 amide bonds. The minimum absolute atomic E-state index is 0.472. The van der Waals surface area contributed by atoms with E-state index in [9.17, 15) is 0 Å². The molecule has 0 saturated heterocycles. The summed E-state index contributed by atoms with van der Waals surface area (Å²) in [5.74, 6) is 0. The molecule has 3 heteroatoms. The molecule has 2 aromatic heterocycles. The quantitative estimate of drug-likeness (QED) is 0.170. The minimum Gasteiger partial charge on any atom is -0.456 e. The average Bonchev–Trinajstić information content (AvgIpc) is 3.95. The summed E-state index contributed by atoms with van der Waals surface area (Å²) in [5, 5.41) is 4.46. The number of anilines is 3. The molecule has 0 N–H and O–H groups in total. The molecule has 58 heavy (non-hydrogen) atoms. The van der Waals surface area contributed by atoms with Crippen LogP contribution in [0.15, 0.2) is 221 Å². The van der Waals surface area contributed by atoms with Crippen LogP contribution in [-0.4, -0.2) is 0 Å². The number of furan rings is 2. The van der Waals surface area contributed by atoms with Gasteiger partial charge in [0.15, 0.2) is 0 Å². The smallest absolute Gasteiger partial charge is 0.137 e. The Morgan fingerprint density at radius 1 is 0.310 bits per heavy atom. The van der Waals surface area contributed by atoms with E-state index in [1.165, 1.54) is 33.4 Å². The molecule has 0 aliphatic heterocycles. The van der Waals surface area contributed by atoms with Crippen LogP contribution in [0.3, 0.4) is 0 Å². The Morgan fingerprint density at radius 3 is 1.60 bits per heavy atom. The third-order valence-electron chi connectivity index (χ3n) is 12.2. The number of rotatable bonds is 6. The van der Waals surface area contributed by atoms with Crippen LogP contribution in [0.4, 0.5) is 17.1 Å². The lowest BCUT2D eigenvalue weighted by Crippen LogP contribution is -2.28. The fraction of sp³-hybridized carbons (Fsp3) is 0.0182. The van der Waals surface area contributed by atoms with E-state index >= 15 is 0 Å². The van der Waals surface area contributed by atoms with Gasteiger partial charge in [-0.15, -0.1) is 0 Å². The fourth-order valence-corrected chi connectivity index (χ4v) is 9.58. The van der Waals surface area contributed by atoms with Gasteiger partial charge >= 0.3 is 0 Å². The third-order valence-corrected chi connectivity index (χ3v) is 12.2. The topological polar surface area (TPSA) is 29.5 Å². The van der Waals surface area contributed by atoms with Gasteiger partial charge in [0.25, 0.3) is 0 Å². The minimum atomic E-state index is -0.472. The van der Waals surface area contributed by atoms with E-state index in [2.05, 4.69) is 205 Å². The number of nitrogens with zero attached hydrogens (tertiary/aromatic N) is 1. The van der Waals surface area contributed by atoms with Crippen LogP contribution in [-0.2, 0) is 5.41 Å². The molecule has 272 valence electrons. The molecule has 3 nitrogen and oxygen atoms in total. The van der Waals surface area contributed by atoms with Gasteiger partial charge < -0.3 is 13.7 Å². The molecule has 0 saturated carbocycles. The van der Waals surface area contributed by atoms with Crippen LogP contribution in [0.5, 0.6) is 0 Å². The monoisotopic (exact) mass is 741 g/mol. The van der Waals surface area contributed by atoms with Crippen LogP contribution in [0.25, 0.3) is 66.1 Å². The zero-order valence-electron chi connectivity index (χ0n) is 31.5. The molecule has 0 atom stereocenters. The van der Waals surface area contributed by atoms with Gasteiger partial charge in [0.2, 0.25) is 0 Å². The second-order valence-electron chi connectivity index (χ2n) is 15.2. The van der Waals surface area contributed by atoms with Crippen molar-refractivity contribution in [2.75, 3.05) is 4.90 Å². The van der Waals surface area contributed by atoms with Crippen molar-refractivity contribution in [2.45, 2.75) is 5.41 Å². The maximum atomic E-state index is 6.68. The van der Waals surface area contributed by atoms with Gasteiger partial charge in [-0.3, -0.25) is 0 Å². The Balaban J connectivity index is 0.941. The van der Waals surface area contributed by atoms with E-state index in [0.29, 0.717) is 0 Å². The third kappa shape index (κ3) is 4.80. The molecule has 1 aliphatic rings. The molecular formula is C55H35NO2. The normalized spacial score (nSPS) is 13.0. The predicted octanol–water partition coefficient (Wildman–Crippen LogP) is 15.0. The highest BCUT2D eigenvalue weighted by Crippen LogP contribution is 2.56. The summed E-state index contributed by atoms with van der Waals surface area (Å²) in [5.41, 5.74) is 16.1. The van der Waals surface area contributed by atoms with Crippen LogP contribution < -0.4 is 4.90 Å². The zero-order chi connectivity index (χ0) is 38.2. The number of benzene rings is 9. The molecule has 12 rings (SSSR count). The van der Waals surface area contributed by atoms with Crippen molar-refractivity contribution in [1.29, 1.82) is 0 Å². The van der Waals surface area contributed by atoms with Crippen LogP contribution >= 0.6 is 0 Å². The second kappa shape index (κ2) is 12.7. The maximum absolute atomic E-state index is 6.68. The summed E-state index contributed by atoms with van der Waals surface area (Å²) in [6.07, 6.45) is 0. The molecule has 0 unspecified atom stereocenters. The van der Waals surface area contributed by atoms with Gasteiger partial charge in [0, 0.05) is 44.7 Å². The van der Waals surface area contributed by atoms with Gasteiger partial charge in [0.1, 0.15) is 22.3 Å². The zero-order valence-corrected chi connectivity index (χ0v) is 31.5. The van der Waals surface area contributed by atoms with Crippen molar-refractivity contribution in [2.24, 2.45) is 0 Å². The van der Waals surface area contributed by atoms with Crippen molar-refractivity contribution in [3.05, 3.63) is 235 Å². The maximum Gasteiger partial charge on any atom is 0.137 e. The highest BCUT2D eigenvalue weighted by molar-refractivity contribution is 6.08. The van der Waals surface area contributed by atoms with Crippen molar-refractivity contribution in [3.63, 3.8) is 0 Å². The van der Waals surface area contributed by atoms with Crippen molar-refractivity contribution in [1.82, 2.24) is 0 Å². The first kappa shape index (κ1) is 32.6. The molecule has 1 aliphatic carbocycles. The van der Waals surface area contributed by atoms with Gasteiger partial charge in [-0.1, -0.05) is 146 Å². The molecule has 0 spiro atoms. The Hall–Kier alpha value is -7.62. The van der Waals surface area contributed by atoms with Crippen LogP contribution in [0.1, 0.15) is 22.3 Å². The largest absolute Gasteiger partial charge is 0.456 e. The first-order valence-electron chi connectivity index (χ1n) is 19.8. The first-order chi connectivity index (χ1) is 28.7. The van der Waals surface area contributed by atoms with E-state index in [0.717, 1.165) is 72.1 Å². The van der Waals surface area contributed by atoms with Gasteiger partial charge in [-0.2, -0.15) is 0 Å². The van der Waals surface area contributed by atoms with Crippen LogP contribution in [0.2, 0.25) is 0 Å². The molecule has 2 heterocycles. The lowest BCUT2D eigenvalue weighted by Gasteiger charge is -2.33. The summed E-state index contributed by atoms with van der Waals surface area (Å²) in [6, 6.07) is 76.1. The van der Waals surface area contributed by atoms with Gasteiger partial charge in [-0.05, 0) is 105 Å². The van der Waals surface area contributed by atoms with Crippen LogP contribution in [0, 0.1) is 0 Å². The standard InChI is InChI=1S/C55H35NO2/c1-3-13-38(14-4-1)55(49-20-10-7-17-43(49)44-18-8-11-21-50(44)55)39-26-30-47-48-33-37(25-32-52(48)58-53(47)34-39)36-23-27-41(28-24-36)56(40-15-5-2-6-16-40)42-29-31-46-45-19-9-12-22-51(45)57-54(46)35-42/h1-35H. The fourth-order valence-electron chi connectivity index (χ4n) is 9.58. The van der Waals surface area contributed by atoms with E-state index in [1.807, 2.05) is 12.1 Å². The number of hydrogen-bond donors (Lipinski definition) is 0. The Bertz CT molecular complexity index is 3290. The summed E-state index contributed by atoms with van der Waals surface area (Å²) >= 11 is 0. The number of hydrogen-bond acceptors (Lipinski definition) is 3. The highest BCUT2D eigenvalue weighted by Gasteiger charge is 2.46. The SMILES string of the molecule is c1ccc(N(c2ccc(-c3ccc4oc5cc(C6(c7ccccc7)c7ccccc7-c7ccccc76)ccc5c4c3)cc2)c2ccc3c(c2)oc2ccccc23)cc1. The Kier molecular flexibility index (Phi) is 7.14. The first-order valence-corrected chi connectivity index (χ1v) is 19.8. The molecule has 0 bridgehead atoms. The van der Waals surface area contributed by atoms with E-state index in [4.69, 9.17) is 8.83 Å². The summed E-state index contributed by atoms with van der Waals surface area (Å²) < 4.78 is 13.0. The van der Waals surface area contributed by atoms with E-state index < -0.39 is 5.41 Å². The summed E-state index contributed by atoms with van der Waals surface area (Å²) in [4.78, 5) is 2.28. The molecule has 0 fully saturated rings. The summed E-state index contributed by atoms with van der Waals surface area (Å²) in [7, 11) is 0. The van der Waals surface area contributed by atoms with Gasteiger partial charge in [0.05, 0.1) is 5.41 Å². The molecule has 11 aromatic rings. The molecule has 0 radical (unpaired) electrons.